The smallest absolute Gasteiger partial charge is 0.277 e. The number of nitrogens with one attached hydrogen (secondary N) is 2. The Morgan fingerprint density at radius 2 is 1.71 bits per heavy atom. The van der Waals surface area contributed by atoms with Crippen LogP contribution in [-0.4, -0.2) is 17.8 Å². The Hall–Kier alpha value is -1.39. The van der Waals surface area contributed by atoms with Gasteiger partial charge in [0, 0.05) is 0 Å². The third kappa shape index (κ3) is 1.41. The van der Waals surface area contributed by atoms with Gasteiger partial charge in [-0.25, -0.2) is 4.79 Å². The van der Waals surface area contributed by atoms with Crippen LogP contribution in [0, 0.1) is 23.2 Å². The van der Waals surface area contributed by atoms with Crippen LogP contribution in [0.25, 0.3) is 0 Å². The molecule has 5 heteroatoms. The minimum atomic E-state index is -1.05. The zero-order valence-corrected chi connectivity index (χ0v) is 10.4. The van der Waals surface area contributed by atoms with Crippen molar-refractivity contribution in [3.8, 4) is 0 Å². The molecule has 2 N–H and O–H groups in total. The van der Waals surface area contributed by atoms with Gasteiger partial charge in [-0.05, 0) is 24.2 Å². The van der Waals surface area contributed by atoms with Crippen LogP contribution < -0.4 is 10.6 Å². The molecule has 1 heterocycles. The van der Waals surface area contributed by atoms with Gasteiger partial charge < -0.3 is 0 Å². The molecule has 1 spiro atoms. The molecule has 3 atom stereocenters. The van der Waals surface area contributed by atoms with Gasteiger partial charge in [-0.15, -0.1) is 0 Å². The Morgan fingerprint density at radius 3 is 2.18 bits per heavy atom. The molecule has 3 unspecified atom stereocenters. The topological polar surface area (TPSA) is 75.3 Å². The molecule has 1 aliphatic carbocycles. The molecule has 0 radical (unpaired) electrons. The molecule has 94 valence electrons. The van der Waals surface area contributed by atoms with Crippen molar-refractivity contribution in [3.63, 3.8) is 0 Å². The quantitative estimate of drug-likeness (QED) is 0.670. The number of imide groups is 2. The van der Waals surface area contributed by atoms with Crippen LogP contribution in [0.5, 0.6) is 0 Å². The lowest BCUT2D eigenvalue weighted by Gasteiger charge is -2.38. The van der Waals surface area contributed by atoms with E-state index in [1.165, 1.54) is 0 Å². The molecule has 0 bridgehead atoms. The molecule has 2 aliphatic rings. The summed E-state index contributed by atoms with van der Waals surface area (Å²) in [5.41, 5.74) is -1.05. The lowest BCUT2D eigenvalue weighted by molar-refractivity contribution is -0.150. The Labute approximate surface area is 100 Å². The number of amides is 4. The van der Waals surface area contributed by atoms with Crippen molar-refractivity contribution >= 4 is 17.8 Å². The van der Waals surface area contributed by atoms with Gasteiger partial charge in [-0.2, -0.15) is 0 Å². The second-order valence-electron chi connectivity index (χ2n) is 5.24. The van der Waals surface area contributed by atoms with Gasteiger partial charge in [0.15, 0.2) is 0 Å². The maximum Gasteiger partial charge on any atom is 0.328 e. The number of barbiturate groups is 1. The fraction of sp³-hybridized carbons (Fsp3) is 0.750. The third-order valence-corrected chi connectivity index (χ3v) is 4.42. The minimum Gasteiger partial charge on any atom is -0.277 e. The van der Waals surface area contributed by atoms with E-state index in [-0.39, 0.29) is 11.8 Å². The normalized spacial score (nSPS) is 35.9. The fourth-order valence-electron chi connectivity index (χ4n) is 3.78. The highest BCUT2D eigenvalue weighted by molar-refractivity contribution is 6.19. The van der Waals surface area contributed by atoms with Gasteiger partial charge in [0.1, 0.15) is 5.41 Å². The summed E-state index contributed by atoms with van der Waals surface area (Å²) in [6, 6.07) is -0.702. The monoisotopic (exact) mass is 238 g/mol. The molecule has 0 aromatic rings. The Kier molecular flexibility index (Phi) is 2.72. The van der Waals surface area contributed by atoms with E-state index in [0.29, 0.717) is 5.92 Å². The van der Waals surface area contributed by atoms with Gasteiger partial charge in [-0.1, -0.05) is 27.2 Å². The molecule has 4 amide bonds. The Balaban J connectivity index is 2.48. The number of urea groups is 1. The molecular formula is C12H18N2O3. The van der Waals surface area contributed by atoms with Crippen LogP contribution in [0.15, 0.2) is 0 Å². The first kappa shape index (κ1) is 12.1. The summed E-state index contributed by atoms with van der Waals surface area (Å²) in [6.45, 7) is 5.97. The fourth-order valence-corrected chi connectivity index (χ4v) is 3.78. The van der Waals surface area contributed by atoms with Crippen molar-refractivity contribution in [3.05, 3.63) is 0 Å². The number of rotatable bonds is 1. The number of carbonyl (C=O) groups is 3. The van der Waals surface area contributed by atoms with E-state index in [4.69, 9.17) is 0 Å². The highest BCUT2D eigenvalue weighted by Crippen LogP contribution is 2.53. The van der Waals surface area contributed by atoms with E-state index in [0.717, 1.165) is 12.8 Å². The van der Waals surface area contributed by atoms with Crippen molar-refractivity contribution in [1.29, 1.82) is 0 Å². The first-order chi connectivity index (χ1) is 7.94. The van der Waals surface area contributed by atoms with E-state index in [9.17, 15) is 14.4 Å². The Morgan fingerprint density at radius 1 is 1.18 bits per heavy atom. The molecular weight excluding hydrogens is 220 g/mol. The van der Waals surface area contributed by atoms with Crippen molar-refractivity contribution in [2.24, 2.45) is 23.2 Å². The van der Waals surface area contributed by atoms with Crippen LogP contribution in [0.3, 0.4) is 0 Å². The maximum absolute atomic E-state index is 12.2. The summed E-state index contributed by atoms with van der Waals surface area (Å²) in [5.74, 6) is -0.550. The summed E-state index contributed by atoms with van der Waals surface area (Å²) in [6.07, 6.45) is 1.61. The SMILES string of the molecule is CCC1C(C)CC(C)C12C(=O)NC(=O)NC2=O. The van der Waals surface area contributed by atoms with E-state index < -0.39 is 23.3 Å². The highest BCUT2D eigenvalue weighted by atomic mass is 16.2. The molecule has 5 nitrogen and oxygen atoms in total. The second kappa shape index (κ2) is 3.82. The van der Waals surface area contributed by atoms with Gasteiger partial charge >= 0.3 is 6.03 Å². The Bertz CT molecular complexity index is 371. The largest absolute Gasteiger partial charge is 0.328 e. The number of hydrogen-bond donors (Lipinski definition) is 2. The lowest BCUT2D eigenvalue weighted by atomic mass is 9.68. The molecule has 1 aliphatic heterocycles. The maximum atomic E-state index is 12.2. The molecule has 17 heavy (non-hydrogen) atoms. The van der Waals surface area contributed by atoms with Crippen molar-refractivity contribution < 1.29 is 14.4 Å². The van der Waals surface area contributed by atoms with Crippen molar-refractivity contribution in [1.82, 2.24) is 10.6 Å². The first-order valence-electron chi connectivity index (χ1n) is 6.11. The van der Waals surface area contributed by atoms with Crippen LogP contribution >= 0.6 is 0 Å². The standard InChI is InChI=1S/C12H18N2O3/c1-4-8-6(2)5-7(3)12(8)9(15)13-11(17)14-10(12)16/h6-8H,4-5H2,1-3H3,(H2,13,14,15,16,17). The van der Waals surface area contributed by atoms with E-state index >= 15 is 0 Å². The van der Waals surface area contributed by atoms with Crippen molar-refractivity contribution in [2.45, 2.75) is 33.6 Å². The molecule has 1 saturated heterocycles. The summed E-state index contributed by atoms with van der Waals surface area (Å²) >= 11 is 0. The van der Waals surface area contributed by atoms with E-state index in [2.05, 4.69) is 17.6 Å². The highest BCUT2D eigenvalue weighted by Gasteiger charge is 2.62. The number of hydrogen-bond acceptors (Lipinski definition) is 3. The van der Waals surface area contributed by atoms with Gasteiger partial charge in [0.05, 0.1) is 0 Å². The first-order valence-corrected chi connectivity index (χ1v) is 6.11. The zero-order chi connectivity index (χ0) is 12.8. The zero-order valence-electron chi connectivity index (χ0n) is 10.4. The van der Waals surface area contributed by atoms with E-state index in [1.807, 2.05) is 13.8 Å². The molecule has 1 saturated carbocycles. The molecule has 0 aromatic carbocycles. The summed E-state index contributed by atoms with van der Waals surface area (Å²) in [4.78, 5) is 35.5. The molecule has 2 rings (SSSR count). The van der Waals surface area contributed by atoms with Crippen LogP contribution in [-0.2, 0) is 9.59 Å². The van der Waals surface area contributed by atoms with E-state index in [1.54, 1.807) is 0 Å². The second-order valence-corrected chi connectivity index (χ2v) is 5.24. The molecule has 0 aromatic heterocycles. The average molecular weight is 238 g/mol. The summed E-state index contributed by atoms with van der Waals surface area (Å²) in [5, 5.41) is 4.50. The van der Waals surface area contributed by atoms with Crippen LogP contribution in [0.4, 0.5) is 4.79 Å². The summed E-state index contributed by atoms with van der Waals surface area (Å²) < 4.78 is 0. The third-order valence-electron chi connectivity index (χ3n) is 4.42. The van der Waals surface area contributed by atoms with Gasteiger partial charge in [0.25, 0.3) is 0 Å². The predicted octanol–water partition coefficient (Wildman–Crippen LogP) is 1.04. The minimum absolute atomic E-state index is 0.00519. The average Bonchev–Trinajstić information content (AvgIpc) is 2.47. The van der Waals surface area contributed by atoms with Gasteiger partial charge in [-0.3, -0.25) is 20.2 Å². The predicted molar refractivity (Wildman–Crippen MR) is 60.8 cm³/mol. The molecule has 2 fully saturated rings. The van der Waals surface area contributed by atoms with Crippen LogP contribution in [0.2, 0.25) is 0 Å². The van der Waals surface area contributed by atoms with Gasteiger partial charge in [0.2, 0.25) is 11.8 Å². The summed E-state index contributed by atoms with van der Waals surface area (Å²) in [7, 11) is 0. The lowest BCUT2D eigenvalue weighted by Crippen LogP contribution is -2.65. The van der Waals surface area contributed by atoms with Crippen LogP contribution in [0.1, 0.15) is 33.6 Å². The van der Waals surface area contributed by atoms with Crippen molar-refractivity contribution in [2.75, 3.05) is 0 Å². The number of carbonyl (C=O) groups excluding carboxylic acids is 3.